The molecule has 0 unspecified atom stereocenters. The molecule has 4 aromatic rings. The molecule has 7 rings (SSSR count). The van der Waals surface area contributed by atoms with Gasteiger partial charge in [0.05, 0.1) is 69.5 Å². The van der Waals surface area contributed by atoms with Crippen molar-refractivity contribution in [3.63, 3.8) is 0 Å². The van der Waals surface area contributed by atoms with E-state index in [4.69, 9.17) is 38.3 Å². The van der Waals surface area contributed by atoms with Crippen LogP contribution in [-0.2, 0) is 13.6 Å². The molecular weight excluding hydrogens is 993 g/mol. The second-order valence-corrected chi connectivity index (χ2v) is 33.2. The van der Waals surface area contributed by atoms with Gasteiger partial charge < -0.3 is 48.1 Å². The molecule has 2 atom stereocenters. The zero-order valence-corrected chi connectivity index (χ0v) is 49.4. The lowest BCUT2D eigenvalue weighted by Crippen LogP contribution is -2.45. The lowest BCUT2D eigenvalue weighted by Gasteiger charge is -2.38. The molecule has 3 amide bonds. The molecule has 4 aromatic carbocycles. The number of nitrogens with zero attached hydrogens (tertiary/aromatic N) is 2. The first-order valence-corrected chi connectivity index (χ1v) is 32.5. The van der Waals surface area contributed by atoms with Crippen LogP contribution >= 0.6 is 0 Å². The molecule has 410 valence electrons. The van der Waals surface area contributed by atoms with Gasteiger partial charge in [0.25, 0.3) is 11.8 Å². The number of methoxy groups -OCH3 is 2. The van der Waals surface area contributed by atoms with Gasteiger partial charge in [0.1, 0.15) is 6.61 Å². The number of carbonyl (C=O) groups is 3. The molecular formula is C60H82N4O10Si2. The summed E-state index contributed by atoms with van der Waals surface area (Å²) in [6.07, 6.45) is 6.56. The van der Waals surface area contributed by atoms with Crippen molar-refractivity contribution in [3.8, 4) is 34.1 Å². The van der Waals surface area contributed by atoms with Crippen molar-refractivity contribution in [2.45, 2.75) is 142 Å². The normalized spacial score (nSPS) is 16.7. The van der Waals surface area contributed by atoms with Crippen LogP contribution in [0.3, 0.4) is 0 Å². The fourth-order valence-electron chi connectivity index (χ4n) is 9.41. The highest BCUT2D eigenvalue weighted by Crippen LogP contribution is 2.45. The third kappa shape index (κ3) is 13.0. The number of rotatable bonds is 21. The Bertz CT molecular complexity index is 2790. The highest BCUT2D eigenvalue weighted by molar-refractivity contribution is 6.74. The van der Waals surface area contributed by atoms with E-state index in [2.05, 4.69) is 97.3 Å². The minimum atomic E-state index is -2.13. The Morgan fingerprint density at radius 2 is 1.07 bits per heavy atom. The molecule has 0 spiro atoms. The lowest BCUT2D eigenvalue weighted by atomic mass is 9.98. The van der Waals surface area contributed by atoms with Crippen molar-refractivity contribution in [1.82, 2.24) is 9.80 Å². The van der Waals surface area contributed by atoms with E-state index in [0.29, 0.717) is 79.9 Å². The summed E-state index contributed by atoms with van der Waals surface area (Å²) in [5.74, 6) is 0.894. The van der Waals surface area contributed by atoms with E-state index in [1.807, 2.05) is 50.5 Å². The van der Waals surface area contributed by atoms with E-state index in [0.717, 1.165) is 46.2 Å². The molecule has 0 bridgehead atoms. The standard InChI is InChI=1S/C60H82N4O10Si2/c1-39-28-41(36-73-75(11,12)59(3,4)5)63(34-39)56(65)47-30-52(68-9)54(32-50(47)61)70-26-20-15-21-27-71-55-33-51(62-58(67)72-38-49-45-24-18-16-22-43(45)44-23-17-19-25-46(44)49)48(31-53(55)69-10)57(66)64-35-40(2)29-42(64)37-74-76(13,14)60(6,7)8/h16-19,22-25,30-35,41-42,49H,15,20-21,26-29,36-38,61H2,1-14H3,(H,62,67)/t41-,42-/m0/s1. The number of amides is 3. The van der Waals surface area contributed by atoms with E-state index in [9.17, 15) is 14.4 Å². The largest absolute Gasteiger partial charge is 0.493 e. The lowest BCUT2D eigenvalue weighted by molar-refractivity contribution is 0.0731. The van der Waals surface area contributed by atoms with Crippen LogP contribution in [0.2, 0.25) is 36.3 Å². The van der Waals surface area contributed by atoms with E-state index in [1.165, 1.54) is 7.11 Å². The van der Waals surface area contributed by atoms with E-state index < -0.39 is 22.7 Å². The molecule has 14 nitrogen and oxygen atoms in total. The first-order valence-electron chi connectivity index (χ1n) is 26.7. The number of fused-ring (bicyclic) bond motifs is 3. The van der Waals surface area contributed by atoms with Crippen LogP contribution in [0.4, 0.5) is 16.2 Å². The summed E-state index contributed by atoms with van der Waals surface area (Å²) in [5.41, 5.74) is 14.2. The van der Waals surface area contributed by atoms with Gasteiger partial charge in [-0.25, -0.2) is 4.79 Å². The molecule has 0 saturated heterocycles. The van der Waals surface area contributed by atoms with Gasteiger partial charge in [0.2, 0.25) is 0 Å². The van der Waals surface area contributed by atoms with E-state index >= 15 is 0 Å². The molecule has 0 radical (unpaired) electrons. The van der Waals surface area contributed by atoms with Crippen molar-refractivity contribution in [2.24, 2.45) is 0 Å². The minimum absolute atomic E-state index is 0.00259. The van der Waals surface area contributed by atoms with Crippen LogP contribution in [0.1, 0.15) is 125 Å². The Labute approximate surface area is 453 Å². The smallest absolute Gasteiger partial charge is 0.411 e. The molecule has 2 heterocycles. The number of nitrogen functional groups attached to an aromatic ring is 1. The molecule has 0 saturated carbocycles. The van der Waals surface area contributed by atoms with Gasteiger partial charge in [0.15, 0.2) is 39.6 Å². The summed E-state index contributed by atoms with van der Waals surface area (Å²) in [6.45, 7) is 27.7. The van der Waals surface area contributed by atoms with Crippen LogP contribution in [0.25, 0.3) is 11.1 Å². The molecule has 76 heavy (non-hydrogen) atoms. The molecule has 16 heteroatoms. The number of anilines is 2. The number of nitrogens with two attached hydrogens (primary N) is 1. The third-order valence-electron chi connectivity index (χ3n) is 16.0. The maximum atomic E-state index is 14.8. The number of hydrogen-bond donors (Lipinski definition) is 2. The summed E-state index contributed by atoms with van der Waals surface area (Å²) >= 11 is 0. The molecule has 0 fully saturated rings. The summed E-state index contributed by atoms with van der Waals surface area (Å²) in [4.78, 5) is 46.2. The molecule has 3 aliphatic rings. The summed E-state index contributed by atoms with van der Waals surface area (Å²) in [6, 6.07) is 22.6. The summed E-state index contributed by atoms with van der Waals surface area (Å²) in [7, 11) is -1.09. The highest BCUT2D eigenvalue weighted by atomic mass is 28.4. The number of benzene rings is 4. The molecule has 1 aliphatic carbocycles. The van der Waals surface area contributed by atoms with Gasteiger partial charge in [-0.15, -0.1) is 0 Å². The van der Waals surface area contributed by atoms with Gasteiger partial charge in [-0.3, -0.25) is 14.9 Å². The van der Waals surface area contributed by atoms with Crippen LogP contribution < -0.4 is 30.0 Å². The van der Waals surface area contributed by atoms with Gasteiger partial charge in [0, 0.05) is 36.1 Å². The van der Waals surface area contributed by atoms with E-state index in [1.54, 1.807) is 41.2 Å². The van der Waals surface area contributed by atoms with Gasteiger partial charge in [-0.2, -0.15) is 0 Å². The van der Waals surface area contributed by atoms with Crippen LogP contribution in [0, 0.1) is 0 Å². The van der Waals surface area contributed by atoms with Crippen LogP contribution in [0.15, 0.2) is 96.3 Å². The molecule has 0 aromatic heterocycles. The molecule has 3 N–H and O–H groups in total. The number of carbonyl (C=O) groups excluding carboxylic acids is 3. The summed E-state index contributed by atoms with van der Waals surface area (Å²) < 4.78 is 43.2. The van der Waals surface area contributed by atoms with Crippen molar-refractivity contribution in [3.05, 3.63) is 119 Å². The maximum absolute atomic E-state index is 14.8. The molecule has 2 aliphatic heterocycles. The van der Waals surface area contributed by atoms with Crippen LogP contribution in [0.5, 0.6) is 23.0 Å². The first-order chi connectivity index (χ1) is 35.8. The fraction of sp³-hybridized carbons (Fsp3) is 0.483. The minimum Gasteiger partial charge on any atom is -0.493 e. The Kier molecular flexibility index (Phi) is 17.9. The Morgan fingerprint density at radius 3 is 1.54 bits per heavy atom. The van der Waals surface area contributed by atoms with Gasteiger partial charge >= 0.3 is 6.09 Å². The van der Waals surface area contributed by atoms with Gasteiger partial charge in [-0.1, -0.05) is 101 Å². The van der Waals surface area contributed by atoms with Crippen molar-refractivity contribution in [2.75, 3.05) is 58.3 Å². The second-order valence-electron chi connectivity index (χ2n) is 23.6. The predicted octanol–water partition coefficient (Wildman–Crippen LogP) is 13.6. The monoisotopic (exact) mass is 1070 g/mol. The zero-order chi connectivity index (χ0) is 55.3. The first kappa shape index (κ1) is 57.6. The second kappa shape index (κ2) is 23.7. The number of ether oxygens (including phenoxy) is 5. The van der Waals surface area contributed by atoms with Crippen molar-refractivity contribution < 1.29 is 46.9 Å². The predicted molar refractivity (Wildman–Crippen MR) is 307 cm³/mol. The summed E-state index contributed by atoms with van der Waals surface area (Å²) in [5, 5.41) is 2.96. The fourth-order valence-corrected chi connectivity index (χ4v) is 11.5. The van der Waals surface area contributed by atoms with Crippen LogP contribution in [-0.4, -0.2) is 104 Å². The van der Waals surface area contributed by atoms with Gasteiger partial charge in [-0.05, 0) is 117 Å². The Hall–Kier alpha value is -6.08. The number of nitrogens with one attached hydrogen (secondary N) is 1. The zero-order valence-electron chi connectivity index (χ0n) is 47.4. The number of unbranched alkanes of at least 4 members (excludes halogenated alkanes) is 2. The maximum Gasteiger partial charge on any atom is 0.411 e. The topological polar surface area (TPSA) is 160 Å². The van der Waals surface area contributed by atoms with Crippen molar-refractivity contribution >= 4 is 45.9 Å². The third-order valence-corrected chi connectivity index (χ3v) is 25.0. The SMILES string of the molecule is COc1cc(C(=O)N2C=C(C)C[C@H]2CO[Si](C)(C)C(C)(C)C)c(N)cc1OCCCCCOc1cc(NC(=O)OCC2c3ccccc3-c3ccccc32)c(C(=O)N2C=C(C)C[C@H]2CO[Si](C)(C)C(C)(C)C)cc1OC. The quantitative estimate of drug-likeness (QED) is 0.0464. The average molecular weight is 1080 g/mol. The van der Waals surface area contributed by atoms with Crippen molar-refractivity contribution in [1.29, 1.82) is 0 Å². The number of hydrogen-bond acceptors (Lipinski definition) is 11. The Morgan fingerprint density at radius 1 is 0.618 bits per heavy atom. The average Bonchev–Trinajstić information content (AvgIpc) is 4.05. The van der Waals surface area contributed by atoms with E-state index in [-0.39, 0.29) is 57.8 Å². The Balaban J connectivity index is 1.00. The highest BCUT2D eigenvalue weighted by Gasteiger charge is 2.41.